The fraction of sp³-hybridized carbons (Fsp3) is 0.618. The molecule has 3 fully saturated rings. The lowest BCUT2D eigenvalue weighted by Gasteiger charge is -2.36. The Bertz CT molecular complexity index is 1430. The lowest BCUT2D eigenvalue weighted by atomic mass is 9.79. The van der Waals surface area contributed by atoms with E-state index in [0.29, 0.717) is 36.8 Å². The molecule has 0 spiro atoms. The van der Waals surface area contributed by atoms with Crippen LogP contribution in [-0.2, 0) is 16.1 Å². The molecular formula is C34H49FN8O4. The zero-order valence-corrected chi connectivity index (χ0v) is 27.9. The molecule has 1 aromatic carbocycles. The summed E-state index contributed by atoms with van der Waals surface area (Å²) in [5.41, 5.74) is 0.854. The molecule has 12 nitrogen and oxygen atoms in total. The second kappa shape index (κ2) is 15.3. The summed E-state index contributed by atoms with van der Waals surface area (Å²) in [7, 11) is 2.00. The first kappa shape index (κ1) is 34.3. The Kier molecular flexibility index (Phi) is 11.2. The van der Waals surface area contributed by atoms with E-state index >= 15 is 4.39 Å². The Balaban J connectivity index is 1.31. The first-order valence-electron chi connectivity index (χ1n) is 17.0. The van der Waals surface area contributed by atoms with Crippen LogP contribution in [0.2, 0.25) is 0 Å². The van der Waals surface area contributed by atoms with E-state index in [2.05, 4.69) is 38.2 Å². The van der Waals surface area contributed by atoms with Crippen LogP contribution in [0.5, 0.6) is 0 Å². The van der Waals surface area contributed by atoms with E-state index in [-0.39, 0.29) is 23.6 Å². The number of likely N-dealkylation sites (N-methyl/N-ethyl adjacent to an activating group) is 1. The summed E-state index contributed by atoms with van der Waals surface area (Å²) in [5, 5.41) is 15.6. The van der Waals surface area contributed by atoms with Crippen molar-refractivity contribution >= 4 is 29.4 Å². The first-order chi connectivity index (χ1) is 22.5. The van der Waals surface area contributed by atoms with Crippen LogP contribution in [0.25, 0.3) is 0 Å². The summed E-state index contributed by atoms with van der Waals surface area (Å²) < 4.78 is 17.3. The van der Waals surface area contributed by atoms with Crippen LogP contribution >= 0.6 is 0 Å². The minimum absolute atomic E-state index is 0.0191. The number of benzene rings is 1. The molecule has 2 aromatic rings. The van der Waals surface area contributed by atoms with Crippen molar-refractivity contribution in [2.24, 2.45) is 11.8 Å². The smallest absolute Gasteiger partial charge is 0.315 e. The first-order valence-corrected chi connectivity index (χ1v) is 17.0. The van der Waals surface area contributed by atoms with Crippen LogP contribution in [0, 0.1) is 17.7 Å². The van der Waals surface area contributed by atoms with Crippen LogP contribution in [0.4, 0.5) is 14.9 Å². The molecular weight excluding hydrogens is 603 g/mol. The second-order valence-electron chi connectivity index (χ2n) is 13.5. The number of aryl methyl sites for hydroxylation is 1. The van der Waals surface area contributed by atoms with Gasteiger partial charge in [-0.1, -0.05) is 32.8 Å². The largest absolute Gasteiger partial charge is 0.339 e. The average molecular weight is 653 g/mol. The number of rotatable bonds is 11. The van der Waals surface area contributed by atoms with Gasteiger partial charge in [0, 0.05) is 50.9 Å². The molecule has 256 valence electrons. The number of halogens is 1. The summed E-state index contributed by atoms with van der Waals surface area (Å²) >= 11 is 0. The zero-order valence-electron chi connectivity index (χ0n) is 27.9. The lowest BCUT2D eigenvalue weighted by molar-refractivity contribution is -0.135. The van der Waals surface area contributed by atoms with Gasteiger partial charge in [-0.3, -0.25) is 19.1 Å². The molecule has 1 aliphatic heterocycles. The van der Waals surface area contributed by atoms with Crippen molar-refractivity contribution in [2.45, 2.75) is 89.9 Å². The molecule has 5 amide bonds. The summed E-state index contributed by atoms with van der Waals surface area (Å²) in [5.74, 6) is -1.86. The standard InChI is InChI=1S/C34H49FN8O4/c1-5-43-28(14-15-36-43)31(44)39-30(23-8-6-21(2)7-9-23)32(45)38-27-13-10-24(20-26(27)35)22(3)29(40-34(47)37-25-11-12-25)33(46)42-18-16-41(4)17-19-42/h10,13-15,20-23,25,29-30H,5-9,11-12,16-19H2,1-4H3,(H,38,45)(H,39,44)(H2,37,40,47)/t21?,22-,23?,29+,30-/m0/s1. The number of amides is 5. The number of anilines is 1. The number of piperazine rings is 1. The van der Waals surface area contributed by atoms with Gasteiger partial charge in [0.2, 0.25) is 11.8 Å². The number of carbonyl (C=O) groups is 4. The predicted molar refractivity (Wildman–Crippen MR) is 176 cm³/mol. The minimum Gasteiger partial charge on any atom is -0.339 e. The van der Waals surface area contributed by atoms with Gasteiger partial charge < -0.3 is 31.1 Å². The van der Waals surface area contributed by atoms with Gasteiger partial charge in [0.15, 0.2) is 0 Å². The van der Waals surface area contributed by atoms with Crippen LogP contribution < -0.4 is 21.3 Å². The van der Waals surface area contributed by atoms with Crippen molar-refractivity contribution in [3.05, 3.63) is 47.5 Å². The third kappa shape index (κ3) is 8.68. The van der Waals surface area contributed by atoms with Gasteiger partial charge in [-0.05, 0) is 75.3 Å². The topological polar surface area (TPSA) is 141 Å². The Labute approximate surface area is 276 Å². The van der Waals surface area contributed by atoms with Gasteiger partial charge in [-0.2, -0.15) is 5.10 Å². The van der Waals surface area contributed by atoms with E-state index in [4.69, 9.17) is 0 Å². The molecule has 5 rings (SSSR count). The van der Waals surface area contributed by atoms with Gasteiger partial charge in [0.1, 0.15) is 23.6 Å². The normalized spacial score (nSPS) is 22.1. The molecule has 4 N–H and O–H groups in total. The number of hydrogen-bond donors (Lipinski definition) is 4. The highest BCUT2D eigenvalue weighted by atomic mass is 19.1. The fourth-order valence-electron chi connectivity index (χ4n) is 6.55. The van der Waals surface area contributed by atoms with Gasteiger partial charge in [-0.25, -0.2) is 9.18 Å². The van der Waals surface area contributed by atoms with Gasteiger partial charge in [-0.15, -0.1) is 0 Å². The average Bonchev–Trinajstić information content (AvgIpc) is 3.74. The van der Waals surface area contributed by atoms with Crippen molar-refractivity contribution in [3.63, 3.8) is 0 Å². The maximum Gasteiger partial charge on any atom is 0.315 e. The van der Waals surface area contributed by atoms with Crippen molar-refractivity contribution in [1.29, 1.82) is 0 Å². The Morgan fingerprint density at radius 2 is 1.68 bits per heavy atom. The molecule has 13 heteroatoms. The maximum atomic E-state index is 15.7. The fourth-order valence-corrected chi connectivity index (χ4v) is 6.55. The van der Waals surface area contributed by atoms with E-state index in [1.807, 2.05) is 14.0 Å². The van der Waals surface area contributed by atoms with Crippen LogP contribution in [-0.4, -0.2) is 94.7 Å². The number of nitrogens with zero attached hydrogens (tertiary/aromatic N) is 4. The number of carbonyl (C=O) groups excluding carboxylic acids is 4. The van der Waals surface area contributed by atoms with E-state index in [9.17, 15) is 19.2 Å². The van der Waals surface area contributed by atoms with Crippen molar-refractivity contribution < 1.29 is 23.6 Å². The Morgan fingerprint density at radius 3 is 2.32 bits per heavy atom. The van der Waals surface area contributed by atoms with Gasteiger partial charge >= 0.3 is 6.03 Å². The lowest BCUT2D eigenvalue weighted by Crippen LogP contribution is -2.57. The highest BCUT2D eigenvalue weighted by Gasteiger charge is 2.36. The second-order valence-corrected chi connectivity index (χ2v) is 13.5. The summed E-state index contributed by atoms with van der Waals surface area (Å²) in [6.45, 7) is 8.91. The highest BCUT2D eigenvalue weighted by molar-refractivity contribution is 6.00. The maximum absolute atomic E-state index is 15.7. The van der Waals surface area contributed by atoms with E-state index in [1.165, 1.54) is 12.1 Å². The molecule has 2 aliphatic carbocycles. The van der Waals surface area contributed by atoms with E-state index in [0.717, 1.165) is 51.6 Å². The SMILES string of the molecule is CCn1nccc1C(=O)N[C@H](C(=O)Nc1ccc([C@H](C)[C@@H](NC(=O)NC2CC2)C(=O)N2CCN(C)CC2)cc1F)C1CCC(C)CC1. The molecule has 3 aliphatic rings. The highest BCUT2D eigenvalue weighted by Crippen LogP contribution is 2.32. The molecule has 2 saturated carbocycles. The van der Waals surface area contributed by atoms with E-state index < -0.39 is 41.7 Å². The number of hydrogen-bond acceptors (Lipinski definition) is 6. The molecule has 47 heavy (non-hydrogen) atoms. The number of urea groups is 1. The molecule has 2 heterocycles. The van der Waals surface area contributed by atoms with E-state index in [1.54, 1.807) is 34.8 Å². The minimum atomic E-state index is -0.901. The summed E-state index contributed by atoms with van der Waals surface area (Å²) in [6, 6.07) is 4.02. The molecule has 0 radical (unpaired) electrons. The number of aromatic nitrogens is 2. The van der Waals surface area contributed by atoms with Crippen LogP contribution in [0.15, 0.2) is 30.5 Å². The predicted octanol–water partition coefficient (Wildman–Crippen LogP) is 3.31. The third-order valence-electron chi connectivity index (χ3n) is 9.91. The molecule has 0 unspecified atom stereocenters. The quantitative estimate of drug-likeness (QED) is 0.294. The Morgan fingerprint density at radius 1 is 0.979 bits per heavy atom. The summed E-state index contributed by atoms with van der Waals surface area (Å²) in [6.07, 6.45) is 6.80. The number of nitrogens with one attached hydrogen (secondary N) is 4. The van der Waals surface area contributed by atoms with Gasteiger partial charge in [0.25, 0.3) is 5.91 Å². The van der Waals surface area contributed by atoms with Crippen LogP contribution in [0.3, 0.4) is 0 Å². The van der Waals surface area contributed by atoms with Crippen molar-refractivity contribution in [1.82, 2.24) is 35.5 Å². The molecule has 3 atom stereocenters. The summed E-state index contributed by atoms with van der Waals surface area (Å²) in [4.78, 5) is 57.3. The molecule has 1 saturated heterocycles. The molecule has 1 aromatic heterocycles. The Hall–Kier alpha value is -4.00. The van der Waals surface area contributed by atoms with Crippen molar-refractivity contribution in [3.8, 4) is 0 Å². The zero-order chi connectivity index (χ0) is 33.7. The van der Waals surface area contributed by atoms with Crippen LogP contribution in [0.1, 0.15) is 81.3 Å². The molecule has 0 bridgehead atoms. The van der Waals surface area contributed by atoms with Crippen molar-refractivity contribution in [2.75, 3.05) is 38.5 Å². The third-order valence-corrected chi connectivity index (χ3v) is 9.91. The monoisotopic (exact) mass is 652 g/mol. The van der Waals surface area contributed by atoms with Gasteiger partial charge in [0.05, 0.1) is 5.69 Å².